The monoisotopic (exact) mass is 252 g/mol. The lowest BCUT2D eigenvalue weighted by atomic mass is 9.78. The first-order valence-electron chi connectivity index (χ1n) is 6.60. The van der Waals surface area contributed by atoms with Crippen LogP contribution in [-0.2, 0) is 9.59 Å². The lowest BCUT2D eigenvalue weighted by Gasteiger charge is -2.33. The number of hydrogen-bond donors (Lipinski definition) is 1. The van der Waals surface area contributed by atoms with E-state index in [4.69, 9.17) is 0 Å². The third kappa shape index (κ3) is 2.40. The van der Waals surface area contributed by atoms with Crippen molar-refractivity contribution in [1.82, 2.24) is 10.2 Å². The Morgan fingerprint density at radius 1 is 1.22 bits per heavy atom. The van der Waals surface area contributed by atoms with Crippen molar-refractivity contribution >= 4 is 17.8 Å². The lowest BCUT2D eigenvalue weighted by Crippen LogP contribution is -2.41. The Labute approximate surface area is 107 Å². The van der Waals surface area contributed by atoms with Crippen LogP contribution >= 0.6 is 0 Å². The summed E-state index contributed by atoms with van der Waals surface area (Å²) >= 11 is 0. The maximum Gasteiger partial charge on any atom is 0.331 e. The van der Waals surface area contributed by atoms with Crippen molar-refractivity contribution in [3.05, 3.63) is 0 Å². The van der Waals surface area contributed by atoms with Crippen molar-refractivity contribution in [2.45, 2.75) is 46.0 Å². The van der Waals surface area contributed by atoms with Crippen molar-refractivity contribution in [2.75, 3.05) is 6.54 Å². The minimum absolute atomic E-state index is 0.0196. The molecular weight excluding hydrogens is 232 g/mol. The van der Waals surface area contributed by atoms with Gasteiger partial charge in [0.15, 0.2) is 0 Å². The normalized spacial score (nSPS) is 23.1. The summed E-state index contributed by atoms with van der Waals surface area (Å²) < 4.78 is 0. The Kier molecular flexibility index (Phi) is 3.41. The van der Waals surface area contributed by atoms with Crippen LogP contribution in [0.4, 0.5) is 4.79 Å². The highest BCUT2D eigenvalue weighted by Gasteiger charge is 2.44. The Bertz CT molecular complexity index is 384. The average Bonchev–Trinajstić information content (AvgIpc) is 2.80. The molecule has 18 heavy (non-hydrogen) atoms. The first kappa shape index (κ1) is 13.1. The van der Waals surface area contributed by atoms with Crippen LogP contribution in [-0.4, -0.2) is 29.3 Å². The summed E-state index contributed by atoms with van der Waals surface area (Å²) in [5, 5.41) is 2.06. The second-order valence-corrected chi connectivity index (χ2v) is 5.96. The number of imide groups is 2. The van der Waals surface area contributed by atoms with E-state index >= 15 is 0 Å². The summed E-state index contributed by atoms with van der Waals surface area (Å²) in [6.45, 7) is 4.69. The molecule has 1 N–H and O–H groups in total. The molecule has 0 atom stereocenters. The highest BCUT2D eigenvalue weighted by Crippen LogP contribution is 2.44. The van der Waals surface area contributed by atoms with Crippen LogP contribution in [0.25, 0.3) is 0 Å². The van der Waals surface area contributed by atoms with Crippen LogP contribution in [0, 0.1) is 11.3 Å². The maximum absolute atomic E-state index is 11.6. The number of hydrogen-bond acceptors (Lipinski definition) is 3. The van der Waals surface area contributed by atoms with Crippen LogP contribution in [0.2, 0.25) is 0 Å². The van der Waals surface area contributed by atoms with Gasteiger partial charge >= 0.3 is 17.8 Å². The van der Waals surface area contributed by atoms with E-state index in [9.17, 15) is 14.4 Å². The molecular formula is C13H20N2O3. The van der Waals surface area contributed by atoms with Gasteiger partial charge in [-0.15, -0.1) is 0 Å². The zero-order valence-electron chi connectivity index (χ0n) is 11.0. The molecule has 0 unspecified atom stereocenters. The average molecular weight is 252 g/mol. The largest absolute Gasteiger partial charge is 0.331 e. The third-order valence-corrected chi connectivity index (χ3v) is 3.90. The van der Waals surface area contributed by atoms with Gasteiger partial charge in [-0.2, -0.15) is 0 Å². The summed E-state index contributed by atoms with van der Waals surface area (Å²) in [4.78, 5) is 35.5. The zero-order valence-corrected chi connectivity index (χ0v) is 11.0. The molecule has 100 valence electrons. The first-order valence-corrected chi connectivity index (χ1v) is 6.60. The molecule has 1 aliphatic heterocycles. The predicted octanol–water partition coefficient (Wildman–Crippen LogP) is 1.67. The highest BCUT2D eigenvalue weighted by molar-refractivity contribution is 6.44. The zero-order chi connectivity index (χ0) is 13.3. The Morgan fingerprint density at radius 3 is 2.28 bits per heavy atom. The van der Waals surface area contributed by atoms with Crippen LogP contribution in [0.1, 0.15) is 46.0 Å². The summed E-state index contributed by atoms with van der Waals surface area (Å²) in [6.07, 6.45) is 5.36. The minimum Gasteiger partial charge on any atom is -0.269 e. The van der Waals surface area contributed by atoms with Crippen LogP contribution in [0.5, 0.6) is 0 Å². The molecule has 0 aromatic rings. The fourth-order valence-electron chi connectivity index (χ4n) is 3.33. The smallest absolute Gasteiger partial charge is 0.269 e. The first-order chi connectivity index (χ1) is 8.43. The van der Waals surface area contributed by atoms with E-state index in [1.807, 2.05) is 0 Å². The van der Waals surface area contributed by atoms with E-state index < -0.39 is 17.8 Å². The molecule has 1 saturated heterocycles. The molecule has 0 aromatic carbocycles. The van der Waals surface area contributed by atoms with E-state index in [-0.39, 0.29) is 5.41 Å². The van der Waals surface area contributed by atoms with Gasteiger partial charge in [0.25, 0.3) is 0 Å². The van der Waals surface area contributed by atoms with Crippen LogP contribution in [0.3, 0.4) is 0 Å². The second-order valence-electron chi connectivity index (χ2n) is 5.96. The molecule has 5 nitrogen and oxygen atoms in total. The van der Waals surface area contributed by atoms with Gasteiger partial charge in [-0.25, -0.2) is 4.79 Å². The molecule has 2 rings (SSSR count). The Balaban J connectivity index is 2.12. The van der Waals surface area contributed by atoms with E-state index in [2.05, 4.69) is 19.2 Å². The van der Waals surface area contributed by atoms with Crippen molar-refractivity contribution in [3.8, 4) is 0 Å². The number of urea groups is 1. The SMILES string of the molecule is CC(C)CC1(CN2C(=O)NC(=O)C2=O)CCCC1. The molecule has 2 fully saturated rings. The van der Waals surface area contributed by atoms with Gasteiger partial charge in [-0.3, -0.25) is 19.8 Å². The van der Waals surface area contributed by atoms with Gasteiger partial charge < -0.3 is 0 Å². The Morgan fingerprint density at radius 2 is 1.83 bits per heavy atom. The molecule has 5 heteroatoms. The number of carbonyl (C=O) groups is 3. The fourth-order valence-corrected chi connectivity index (χ4v) is 3.33. The summed E-state index contributed by atoms with van der Waals surface area (Å²) in [7, 11) is 0. The van der Waals surface area contributed by atoms with Crippen molar-refractivity contribution in [3.63, 3.8) is 0 Å². The van der Waals surface area contributed by atoms with Gasteiger partial charge in [-0.05, 0) is 30.6 Å². The van der Waals surface area contributed by atoms with Gasteiger partial charge in [0.1, 0.15) is 0 Å². The molecule has 0 aromatic heterocycles. The number of nitrogens with one attached hydrogen (secondary N) is 1. The molecule has 1 saturated carbocycles. The van der Waals surface area contributed by atoms with E-state index in [1.54, 1.807) is 0 Å². The molecule has 0 spiro atoms. The molecule has 0 bridgehead atoms. The minimum atomic E-state index is -0.794. The molecule has 1 aliphatic carbocycles. The topological polar surface area (TPSA) is 66.5 Å². The van der Waals surface area contributed by atoms with Crippen molar-refractivity contribution < 1.29 is 14.4 Å². The summed E-state index contributed by atoms with van der Waals surface area (Å²) in [5.74, 6) is -0.965. The Hall–Kier alpha value is -1.39. The van der Waals surface area contributed by atoms with Crippen molar-refractivity contribution in [1.29, 1.82) is 0 Å². The quantitative estimate of drug-likeness (QED) is 0.611. The van der Waals surface area contributed by atoms with E-state index in [1.165, 1.54) is 0 Å². The molecule has 4 amide bonds. The number of nitrogens with zero attached hydrogens (tertiary/aromatic N) is 1. The molecule has 2 aliphatic rings. The second kappa shape index (κ2) is 4.71. The van der Waals surface area contributed by atoms with Gasteiger partial charge in [0.2, 0.25) is 0 Å². The number of rotatable bonds is 4. The predicted molar refractivity (Wildman–Crippen MR) is 65.6 cm³/mol. The lowest BCUT2D eigenvalue weighted by molar-refractivity contribution is -0.140. The molecule has 1 heterocycles. The summed E-state index contributed by atoms with van der Waals surface area (Å²) in [6, 6.07) is -0.556. The van der Waals surface area contributed by atoms with Crippen molar-refractivity contribution in [2.24, 2.45) is 11.3 Å². The van der Waals surface area contributed by atoms with E-state index in [0.29, 0.717) is 12.5 Å². The number of carbonyl (C=O) groups excluding carboxylic acids is 3. The van der Waals surface area contributed by atoms with Crippen LogP contribution < -0.4 is 5.32 Å². The number of amides is 4. The maximum atomic E-state index is 11.6. The third-order valence-electron chi connectivity index (χ3n) is 3.90. The van der Waals surface area contributed by atoms with Gasteiger partial charge in [-0.1, -0.05) is 26.7 Å². The fraction of sp³-hybridized carbons (Fsp3) is 0.769. The standard InChI is InChI=1S/C13H20N2O3/c1-9(2)7-13(5-3-4-6-13)8-15-11(17)10(16)14-12(15)18/h9H,3-8H2,1-2H3,(H,14,16,18). The molecule has 0 radical (unpaired) electrons. The van der Waals surface area contributed by atoms with Gasteiger partial charge in [0, 0.05) is 6.54 Å². The van der Waals surface area contributed by atoms with Crippen LogP contribution in [0.15, 0.2) is 0 Å². The van der Waals surface area contributed by atoms with E-state index in [0.717, 1.165) is 37.0 Å². The van der Waals surface area contributed by atoms with Gasteiger partial charge in [0.05, 0.1) is 0 Å². The highest BCUT2D eigenvalue weighted by atomic mass is 16.2. The summed E-state index contributed by atoms with van der Waals surface area (Å²) in [5.41, 5.74) is 0.0196.